The first-order valence-corrected chi connectivity index (χ1v) is 14.2. The summed E-state index contributed by atoms with van der Waals surface area (Å²) in [6.45, 7) is 0. The summed E-state index contributed by atoms with van der Waals surface area (Å²) in [5.41, 5.74) is 4.58. The number of hydrogen-bond acceptors (Lipinski definition) is 8. The van der Waals surface area contributed by atoms with Gasteiger partial charge in [-0.2, -0.15) is 5.10 Å². The Morgan fingerprint density at radius 3 is 2.84 bits per heavy atom. The molecule has 1 amide bonds. The number of hydrazone groups is 1. The van der Waals surface area contributed by atoms with Crippen LogP contribution >= 0.6 is 39.0 Å². The molecule has 11 heteroatoms. The van der Waals surface area contributed by atoms with E-state index in [1.807, 2.05) is 12.1 Å². The van der Waals surface area contributed by atoms with Gasteiger partial charge in [0, 0.05) is 14.9 Å². The van der Waals surface area contributed by atoms with Crippen LogP contribution in [0.1, 0.15) is 28.8 Å². The SMILES string of the molecule is COc1ccc(-n2c(SCC(=O)N/N=C/c3cc(Br)ccc3O)nc3sc4c(c3c2=O)CCCC4)cc1. The maximum absolute atomic E-state index is 13.8. The molecule has 0 aliphatic heterocycles. The van der Waals surface area contributed by atoms with Gasteiger partial charge in [-0.15, -0.1) is 11.3 Å². The predicted molar refractivity (Wildman–Crippen MR) is 151 cm³/mol. The quantitative estimate of drug-likeness (QED) is 0.133. The Morgan fingerprint density at radius 1 is 1.27 bits per heavy atom. The molecule has 2 N–H and O–H groups in total. The summed E-state index contributed by atoms with van der Waals surface area (Å²) in [5.74, 6) is 0.370. The van der Waals surface area contributed by atoms with Crippen molar-refractivity contribution < 1.29 is 14.6 Å². The standard InChI is InChI=1S/C26H23BrN4O4S2/c1-35-18-9-7-17(8-10-18)31-25(34)23-19-4-2-3-5-21(19)37-24(23)29-26(31)36-14-22(33)30-28-13-15-12-16(27)6-11-20(15)32/h6-13,32H,2-5,14H2,1H3,(H,30,33)/b28-13+. The normalized spacial score (nSPS) is 13.1. The minimum absolute atomic E-state index is 0.000989. The lowest BCUT2D eigenvalue weighted by atomic mass is 9.97. The summed E-state index contributed by atoms with van der Waals surface area (Å²) in [5, 5.41) is 15.0. The molecule has 5 rings (SSSR count). The van der Waals surface area contributed by atoms with E-state index in [0.29, 0.717) is 32.4 Å². The highest BCUT2D eigenvalue weighted by atomic mass is 79.9. The van der Waals surface area contributed by atoms with Crippen molar-refractivity contribution in [1.82, 2.24) is 15.0 Å². The number of benzene rings is 2. The number of hydrogen-bond donors (Lipinski definition) is 2. The van der Waals surface area contributed by atoms with Gasteiger partial charge in [-0.1, -0.05) is 27.7 Å². The topological polar surface area (TPSA) is 106 Å². The maximum atomic E-state index is 13.8. The Balaban J connectivity index is 1.43. The highest BCUT2D eigenvalue weighted by Crippen LogP contribution is 2.35. The van der Waals surface area contributed by atoms with Crippen molar-refractivity contribution in [2.75, 3.05) is 12.9 Å². The van der Waals surface area contributed by atoms with Gasteiger partial charge < -0.3 is 9.84 Å². The van der Waals surface area contributed by atoms with Gasteiger partial charge >= 0.3 is 0 Å². The first-order chi connectivity index (χ1) is 17.9. The molecular weight excluding hydrogens is 576 g/mol. The second-order valence-corrected chi connectivity index (χ2v) is 11.4. The van der Waals surface area contributed by atoms with Crippen molar-refractivity contribution in [3.8, 4) is 17.2 Å². The molecule has 190 valence electrons. The van der Waals surface area contributed by atoms with E-state index in [9.17, 15) is 14.7 Å². The maximum Gasteiger partial charge on any atom is 0.267 e. The predicted octanol–water partition coefficient (Wildman–Crippen LogP) is 5.05. The Morgan fingerprint density at radius 2 is 2.05 bits per heavy atom. The minimum atomic E-state index is -0.364. The van der Waals surface area contributed by atoms with Crippen LogP contribution in [0.5, 0.6) is 11.5 Å². The van der Waals surface area contributed by atoms with Gasteiger partial charge in [0.15, 0.2) is 5.16 Å². The smallest absolute Gasteiger partial charge is 0.267 e. The number of aromatic nitrogens is 2. The largest absolute Gasteiger partial charge is 0.507 e. The summed E-state index contributed by atoms with van der Waals surface area (Å²) in [7, 11) is 1.59. The number of fused-ring (bicyclic) bond motifs is 3. The van der Waals surface area contributed by atoms with Crippen molar-refractivity contribution in [3.05, 3.63) is 73.3 Å². The first-order valence-electron chi connectivity index (χ1n) is 11.6. The van der Waals surface area contributed by atoms with Crippen molar-refractivity contribution in [2.45, 2.75) is 30.8 Å². The Kier molecular flexibility index (Phi) is 7.63. The molecule has 1 aliphatic carbocycles. The number of nitrogens with one attached hydrogen (secondary N) is 1. The zero-order chi connectivity index (χ0) is 25.9. The average Bonchev–Trinajstić information content (AvgIpc) is 3.28. The van der Waals surface area contributed by atoms with E-state index < -0.39 is 0 Å². The van der Waals surface area contributed by atoms with Crippen LogP contribution in [0.15, 0.2) is 62.0 Å². The lowest BCUT2D eigenvalue weighted by Crippen LogP contribution is -2.24. The number of methoxy groups -OCH3 is 1. The monoisotopic (exact) mass is 598 g/mol. The van der Waals surface area contributed by atoms with Crippen molar-refractivity contribution in [2.24, 2.45) is 5.10 Å². The molecule has 0 saturated heterocycles. The van der Waals surface area contributed by atoms with Gasteiger partial charge in [0.05, 0.1) is 30.2 Å². The number of thioether (sulfide) groups is 1. The van der Waals surface area contributed by atoms with Crippen LogP contribution in [0.2, 0.25) is 0 Å². The van der Waals surface area contributed by atoms with Gasteiger partial charge in [-0.25, -0.2) is 10.4 Å². The first kappa shape index (κ1) is 25.5. The molecule has 4 aromatic rings. The summed E-state index contributed by atoms with van der Waals surface area (Å²) >= 11 is 6.09. The number of phenols is 1. The van der Waals surface area contributed by atoms with Crippen molar-refractivity contribution >= 4 is 61.4 Å². The lowest BCUT2D eigenvalue weighted by Gasteiger charge is -2.14. The van der Waals surface area contributed by atoms with E-state index in [-0.39, 0.29) is 23.0 Å². The van der Waals surface area contributed by atoms with E-state index >= 15 is 0 Å². The second kappa shape index (κ2) is 11.1. The Hall–Kier alpha value is -3.15. The third-order valence-electron chi connectivity index (χ3n) is 6.00. The Bertz CT molecular complexity index is 1560. The lowest BCUT2D eigenvalue weighted by molar-refractivity contribution is -0.118. The van der Waals surface area contributed by atoms with Crippen LogP contribution in [0.3, 0.4) is 0 Å². The molecule has 1 aliphatic rings. The number of halogens is 1. The van der Waals surface area contributed by atoms with Gasteiger partial charge in [0.25, 0.3) is 11.5 Å². The third-order valence-corrected chi connectivity index (χ3v) is 8.62. The van der Waals surface area contributed by atoms with Crippen LogP contribution in [0.4, 0.5) is 0 Å². The fourth-order valence-electron chi connectivity index (χ4n) is 4.21. The highest BCUT2D eigenvalue weighted by Gasteiger charge is 2.23. The van der Waals surface area contributed by atoms with Gasteiger partial charge in [0.2, 0.25) is 0 Å². The molecule has 2 heterocycles. The highest BCUT2D eigenvalue weighted by molar-refractivity contribution is 9.10. The second-order valence-electron chi connectivity index (χ2n) is 8.41. The molecule has 2 aromatic heterocycles. The fraction of sp³-hybridized carbons (Fsp3) is 0.231. The van der Waals surface area contributed by atoms with Gasteiger partial charge in [-0.05, 0) is 73.7 Å². The van der Waals surface area contributed by atoms with Crippen LogP contribution in [0.25, 0.3) is 15.9 Å². The summed E-state index contributed by atoms with van der Waals surface area (Å²) in [6.07, 6.45) is 5.41. The van der Waals surface area contributed by atoms with Gasteiger partial charge in [0.1, 0.15) is 16.3 Å². The summed E-state index contributed by atoms with van der Waals surface area (Å²) in [4.78, 5) is 33.1. The van der Waals surface area contributed by atoms with Gasteiger partial charge in [-0.3, -0.25) is 14.2 Å². The molecule has 37 heavy (non-hydrogen) atoms. The molecule has 2 aromatic carbocycles. The Labute approximate surface area is 229 Å². The fourth-order valence-corrected chi connectivity index (χ4v) is 6.69. The molecular formula is C26H23BrN4O4S2. The van der Waals surface area contributed by atoms with Crippen LogP contribution in [-0.2, 0) is 17.6 Å². The molecule has 0 spiro atoms. The number of carbonyl (C=O) groups is 1. The minimum Gasteiger partial charge on any atom is -0.507 e. The summed E-state index contributed by atoms with van der Waals surface area (Å²) in [6, 6.07) is 12.1. The number of aryl methyl sites for hydroxylation is 2. The number of phenolic OH excluding ortho intramolecular Hbond substituents is 1. The zero-order valence-corrected chi connectivity index (χ0v) is 23.1. The zero-order valence-electron chi connectivity index (χ0n) is 19.9. The summed E-state index contributed by atoms with van der Waals surface area (Å²) < 4.78 is 7.62. The molecule has 0 unspecified atom stereocenters. The average molecular weight is 600 g/mol. The molecule has 0 saturated carbocycles. The number of aromatic hydroxyl groups is 1. The molecule has 0 fully saturated rings. The van der Waals surface area contributed by atoms with Crippen molar-refractivity contribution in [1.29, 1.82) is 0 Å². The number of ether oxygens (including phenoxy) is 1. The van der Waals surface area contributed by atoms with E-state index in [1.165, 1.54) is 28.9 Å². The number of nitrogens with zero attached hydrogens (tertiary/aromatic N) is 3. The molecule has 0 radical (unpaired) electrons. The van der Waals surface area contributed by atoms with Crippen LogP contribution in [-0.4, -0.2) is 39.6 Å². The van der Waals surface area contributed by atoms with E-state index in [4.69, 9.17) is 9.72 Å². The van der Waals surface area contributed by atoms with Crippen LogP contribution < -0.4 is 15.7 Å². The van der Waals surface area contributed by atoms with E-state index in [1.54, 1.807) is 47.3 Å². The van der Waals surface area contributed by atoms with Crippen LogP contribution in [0, 0.1) is 0 Å². The van der Waals surface area contributed by atoms with Crippen molar-refractivity contribution in [3.63, 3.8) is 0 Å². The van der Waals surface area contributed by atoms with E-state index in [2.05, 4.69) is 26.5 Å². The number of thiophene rings is 1. The third kappa shape index (κ3) is 5.43. The molecule has 0 atom stereocenters. The number of amides is 1. The molecule has 0 bridgehead atoms. The molecule has 8 nitrogen and oxygen atoms in total. The van der Waals surface area contributed by atoms with E-state index in [0.717, 1.165) is 35.7 Å². The number of rotatable bonds is 7. The number of carbonyl (C=O) groups excluding carboxylic acids is 1.